The molecule has 0 aliphatic carbocycles. The van der Waals surface area contributed by atoms with Gasteiger partial charge in [-0.1, -0.05) is 26.0 Å². The minimum Gasteiger partial charge on any atom is -0.379 e. The Morgan fingerprint density at radius 1 is 1.22 bits per heavy atom. The molecule has 0 spiro atoms. The summed E-state index contributed by atoms with van der Waals surface area (Å²) in [6.07, 6.45) is 2.98. The molecule has 2 aromatic rings. The van der Waals surface area contributed by atoms with Crippen LogP contribution in [-0.4, -0.2) is 69.9 Å². The Morgan fingerprint density at radius 3 is 2.59 bits per heavy atom. The standard InChI is InChI=1S/C19H28N6O2/c1-15(2)11-18(24-7-9-27-10-8-24)13-20-19(26)12-16-3-5-17(6-4-16)25-14-21-22-23-25/h3-6,14-15,18H,7-13H2,1-2H3,(H,20,26). The van der Waals surface area contributed by atoms with E-state index in [0.29, 0.717) is 24.9 Å². The van der Waals surface area contributed by atoms with Crippen LogP contribution in [0.15, 0.2) is 30.6 Å². The van der Waals surface area contributed by atoms with Gasteiger partial charge in [-0.2, -0.15) is 0 Å². The maximum atomic E-state index is 12.4. The second-order valence-electron chi connectivity index (χ2n) is 7.33. The molecule has 1 amide bonds. The van der Waals surface area contributed by atoms with Gasteiger partial charge in [0.2, 0.25) is 5.91 Å². The minimum atomic E-state index is 0.0483. The first-order valence-electron chi connectivity index (χ1n) is 9.52. The number of nitrogens with zero attached hydrogens (tertiary/aromatic N) is 5. The zero-order valence-corrected chi connectivity index (χ0v) is 16.0. The molecule has 1 aromatic carbocycles. The Morgan fingerprint density at radius 2 is 1.96 bits per heavy atom. The van der Waals surface area contributed by atoms with Crippen LogP contribution in [0.5, 0.6) is 0 Å². The molecule has 0 saturated carbocycles. The molecule has 1 aromatic heterocycles. The number of tetrazole rings is 1. The van der Waals surface area contributed by atoms with Crippen LogP contribution < -0.4 is 5.32 Å². The second kappa shape index (κ2) is 9.57. The predicted molar refractivity (Wildman–Crippen MR) is 102 cm³/mol. The van der Waals surface area contributed by atoms with E-state index in [2.05, 4.69) is 39.6 Å². The highest BCUT2D eigenvalue weighted by molar-refractivity contribution is 5.78. The molecule has 27 heavy (non-hydrogen) atoms. The maximum absolute atomic E-state index is 12.4. The Bertz CT molecular complexity index is 695. The van der Waals surface area contributed by atoms with Crippen LogP contribution >= 0.6 is 0 Å². The van der Waals surface area contributed by atoms with E-state index < -0.39 is 0 Å². The van der Waals surface area contributed by atoms with Gasteiger partial charge >= 0.3 is 0 Å². The fraction of sp³-hybridized carbons (Fsp3) is 0.579. The molecule has 1 aliphatic rings. The number of nitrogens with one attached hydrogen (secondary N) is 1. The van der Waals surface area contributed by atoms with E-state index in [1.807, 2.05) is 24.3 Å². The summed E-state index contributed by atoms with van der Waals surface area (Å²) in [5, 5.41) is 14.2. The van der Waals surface area contributed by atoms with E-state index in [1.165, 1.54) is 0 Å². The number of carbonyl (C=O) groups is 1. The lowest BCUT2D eigenvalue weighted by atomic mass is 10.0. The summed E-state index contributed by atoms with van der Waals surface area (Å²) in [6, 6.07) is 8.05. The summed E-state index contributed by atoms with van der Waals surface area (Å²) in [7, 11) is 0. The highest BCUT2D eigenvalue weighted by Crippen LogP contribution is 2.13. The van der Waals surface area contributed by atoms with Crippen LogP contribution in [0.3, 0.4) is 0 Å². The van der Waals surface area contributed by atoms with Gasteiger partial charge in [0, 0.05) is 25.7 Å². The zero-order chi connectivity index (χ0) is 19.1. The highest BCUT2D eigenvalue weighted by atomic mass is 16.5. The number of amides is 1. The second-order valence-corrected chi connectivity index (χ2v) is 7.33. The number of rotatable bonds is 8. The Labute approximate surface area is 159 Å². The smallest absolute Gasteiger partial charge is 0.224 e. The Kier molecular flexibility index (Phi) is 6.89. The van der Waals surface area contributed by atoms with Crippen LogP contribution in [0.1, 0.15) is 25.8 Å². The number of aromatic nitrogens is 4. The normalized spacial score (nSPS) is 16.4. The van der Waals surface area contributed by atoms with Crippen LogP contribution in [0.25, 0.3) is 5.69 Å². The van der Waals surface area contributed by atoms with Gasteiger partial charge in [-0.05, 0) is 40.5 Å². The SMILES string of the molecule is CC(C)CC(CNC(=O)Cc1ccc(-n2cnnn2)cc1)N1CCOCC1. The van der Waals surface area contributed by atoms with Gasteiger partial charge in [0.05, 0.1) is 25.3 Å². The van der Waals surface area contributed by atoms with Crippen molar-refractivity contribution in [3.05, 3.63) is 36.2 Å². The molecule has 146 valence electrons. The van der Waals surface area contributed by atoms with Crippen LogP contribution in [0.2, 0.25) is 0 Å². The quantitative estimate of drug-likeness (QED) is 0.746. The molecule has 1 N–H and O–H groups in total. The Hall–Kier alpha value is -2.32. The molecule has 3 rings (SSSR count). The van der Waals surface area contributed by atoms with Crippen molar-refractivity contribution in [2.24, 2.45) is 5.92 Å². The summed E-state index contributed by atoms with van der Waals surface area (Å²) < 4.78 is 7.04. The fourth-order valence-corrected chi connectivity index (χ4v) is 3.37. The van der Waals surface area contributed by atoms with Gasteiger partial charge in [0.25, 0.3) is 0 Å². The summed E-state index contributed by atoms with van der Waals surface area (Å²) in [5.74, 6) is 0.640. The van der Waals surface area contributed by atoms with E-state index in [0.717, 1.165) is 44.0 Å². The molecule has 1 saturated heterocycles. The summed E-state index contributed by atoms with van der Waals surface area (Å²) >= 11 is 0. The van der Waals surface area contributed by atoms with E-state index in [-0.39, 0.29) is 5.91 Å². The lowest BCUT2D eigenvalue weighted by Crippen LogP contribution is -2.49. The number of morpholine rings is 1. The molecular formula is C19H28N6O2. The van der Waals surface area contributed by atoms with Crippen molar-refractivity contribution >= 4 is 5.91 Å². The first kappa shape index (κ1) is 19.4. The van der Waals surface area contributed by atoms with Gasteiger partial charge in [0.1, 0.15) is 6.33 Å². The Balaban J connectivity index is 1.51. The molecule has 1 atom stereocenters. The third-order valence-electron chi connectivity index (χ3n) is 4.75. The van der Waals surface area contributed by atoms with Gasteiger partial charge in [0.15, 0.2) is 0 Å². The molecule has 2 heterocycles. The van der Waals surface area contributed by atoms with Crippen LogP contribution in [0.4, 0.5) is 0 Å². The number of hydrogen-bond donors (Lipinski definition) is 1. The van der Waals surface area contributed by atoms with Crippen molar-refractivity contribution in [2.75, 3.05) is 32.8 Å². The van der Waals surface area contributed by atoms with Crippen molar-refractivity contribution in [3.63, 3.8) is 0 Å². The van der Waals surface area contributed by atoms with Crippen LogP contribution in [-0.2, 0) is 16.0 Å². The van der Waals surface area contributed by atoms with Crippen molar-refractivity contribution in [1.82, 2.24) is 30.4 Å². The highest BCUT2D eigenvalue weighted by Gasteiger charge is 2.22. The summed E-state index contributed by atoms with van der Waals surface area (Å²) in [5.41, 5.74) is 1.84. The fourth-order valence-electron chi connectivity index (χ4n) is 3.37. The van der Waals surface area contributed by atoms with Gasteiger partial charge < -0.3 is 10.1 Å². The van der Waals surface area contributed by atoms with Gasteiger partial charge in [-0.25, -0.2) is 4.68 Å². The molecule has 0 bridgehead atoms. The average molecular weight is 372 g/mol. The van der Waals surface area contributed by atoms with Crippen molar-refractivity contribution in [2.45, 2.75) is 32.7 Å². The van der Waals surface area contributed by atoms with E-state index in [9.17, 15) is 4.79 Å². The number of ether oxygens (including phenoxy) is 1. The molecule has 1 fully saturated rings. The topological polar surface area (TPSA) is 85.2 Å². The summed E-state index contributed by atoms with van der Waals surface area (Å²) in [4.78, 5) is 14.8. The average Bonchev–Trinajstić information content (AvgIpc) is 3.21. The first-order chi connectivity index (χ1) is 13.1. The lowest BCUT2D eigenvalue weighted by molar-refractivity contribution is -0.120. The van der Waals surface area contributed by atoms with E-state index >= 15 is 0 Å². The third-order valence-corrected chi connectivity index (χ3v) is 4.75. The molecule has 8 heteroatoms. The minimum absolute atomic E-state index is 0.0483. The van der Waals surface area contributed by atoms with Crippen LogP contribution in [0, 0.1) is 5.92 Å². The molecule has 0 radical (unpaired) electrons. The number of carbonyl (C=O) groups excluding carboxylic acids is 1. The lowest BCUT2D eigenvalue weighted by Gasteiger charge is -2.35. The van der Waals surface area contributed by atoms with Crippen molar-refractivity contribution in [3.8, 4) is 5.69 Å². The first-order valence-corrected chi connectivity index (χ1v) is 9.52. The van der Waals surface area contributed by atoms with Gasteiger partial charge in [-0.3, -0.25) is 9.69 Å². The van der Waals surface area contributed by atoms with Crippen molar-refractivity contribution in [1.29, 1.82) is 0 Å². The van der Waals surface area contributed by atoms with Gasteiger partial charge in [-0.15, -0.1) is 5.10 Å². The van der Waals surface area contributed by atoms with E-state index in [1.54, 1.807) is 11.0 Å². The predicted octanol–water partition coefficient (Wildman–Crippen LogP) is 1.07. The van der Waals surface area contributed by atoms with Crippen molar-refractivity contribution < 1.29 is 9.53 Å². The molecule has 8 nitrogen and oxygen atoms in total. The zero-order valence-electron chi connectivity index (χ0n) is 16.0. The maximum Gasteiger partial charge on any atom is 0.224 e. The molecular weight excluding hydrogens is 344 g/mol. The third kappa shape index (κ3) is 5.83. The summed E-state index contributed by atoms with van der Waals surface area (Å²) in [6.45, 7) is 8.55. The monoisotopic (exact) mass is 372 g/mol. The number of benzene rings is 1. The molecule has 1 aliphatic heterocycles. The van der Waals surface area contributed by atoms with E-state index in [4.69, 9.17) is 4.74 Å². The largest absolute Gasteiger partial charge is 0.379 e. The molecule has 1 unspecified atom stereocenters. The number of hydrogen-bond acceptors (Lipinski definition) is 6.